The summed E-state index contributed by atoms with van der Waals surface area (Å²) in [7, 11) is 0. The Labute approximate surface area is 165 Å². The number of H-pyrrole nitrogens is 1. The number of alkyl carbamates (subject to hydrolysis) is 1. The fourth-order valence-corrected chi connectivity index (χ4v) is 3.32. The number of carbonyl (C=O) groups is 1. The molecule has 0 aliphatic carbocycles. The molecule has 1 aromatic heterocycles. The lowest BCUT2D eigenvalue weighted by Gasteiger charge is -2.30. The van der Waals surface area contributed by atoms with Gasteiger partial charge < -0.3 is 15.0 Å². The number of hydrogen-bond acceptors (Lipinski definition) is 5. The Morgan fingerprint density at radius 1 is 1.32 bits per heavy atom. The maximum absolute atomic E-state index is 12.5. The number of benzene rings is 1. The number of amides is 1. The molecule has 0 fully saturated rings. The van der Waals surface area contributed by atoms with Crippen LogP contribution in [0.1, 0.15) is 39.0 Å². The first-order chi connectivity index (χ1) is 13.2. The highest BCUT2D eigenvalue weighted by Crippen LogP contribution is 2.18. The lowest BCUT2D eigenvalue weighted by molar-refractivity contribution is 0.0495. The average molecular weight is 384 g/mol. The van der Waals surface area contributed by atoms with Crippen molar-refractivity contribution in [2.45, 2.75) is 52.3 Å². The average Bonchev–Trinajstić information content (AvgIpc) is 2.60. The zero-order valence-corrected chi connectivity index (χ0v) is 16.9. The molecule has 0 saturated carbocycles. The van der Waals surface area contributed by atoms with Gasteiger partial charge in [-0.1, -0.05) is 30.3 Å². The SMILES string of the molecule is CC(CN1CCc2c(nc(-c3ccccc3)[nH]c2=O)C1)NC(=O)OC(C)(C)C. The van der Waals surface area contributed by atoms with Crippen molar-refractivity contribution in [3.63, 3.8) is 0 Å². The first-order valence-electron chi connectivity index (χ1n) is 9.60. The minimum atomic E-state index is -0.521. The van der Waals surface area contributed by atoms with Gasteiger partial charge in [0.05, 0.1) is 5.69 Å². The van der Waals surface area contributed by atoms with E-state index in [4.69, 9.17) is 9.72 Å². The lowest BCUT2D eigenvalue weighted by Crippen LogP contribution is -2.46. The first-order valence-corrected chi connectivity index (χ1v) is 9.60. The quantitative estimate of drug-likeness (QED) is 0.846. The van der Waals surface area contributed by atoms with Crippen molar-refractivity contribution < 1.29 is 9.53 Å². The van der Waals surface area contributed by atoms with Crippen LogP contribution in [0.5, 0.6) is 0 Å². The van der Waals surface area contributed by atoms with Gasteiger partial charge in [0.25, 0.3) is 5.56 Å². The third-order valence-corrected chi connectivity index (χ3v) is 4.49. The van der Waals surface area contributed by atoms with Crippen LogP contribution in [0.2, 0.25) is 0 Å². The fraction of sp³-hybridized carbons (Fsp3) is 0.476. The lowest BCUT2D eigenvalue weighted by atomic mass is 10.1. The highest BCUT2D eigenvalue weighted by molar-refractivity contribution is 5.68. The van der Waals surface area contributed by atoms with Gasteiger partial charge >= 0.3 is 6.09 Å². The zero-order valence-electron chi connectivity index (χ0n) is 16.9. The molecule has 3 rings (SSSR count). The number of nitrogens with zero attached hydrogens (tertiary/aromatic N) is 2. The summed E-state index contributed by atoms with van der Waals surface area (Å²) in [6.45, 7) is 9.46. The van der Waals surface area contributed by atoms with Crippen LogP contribution in [-0.4, -0.2) is 45.7 Å². The molecule has 7 nitrogen and oxygen atoms in total. The molecular formula is C21H28N4O3. The number of aromatic nitrogens is 2. The van der Waals surface area contributed by atoms with Crippen molar-refractivity contribution >= 4 is 6.09 Å². The van der Waals surface area contributed by atoms with Crippen molar-refractivity contribution in [2.75, 3.05) is 13.1 Å². The maximum atomic E-state index is 12.5. The van der Waals surface area contributed by atoms with E-state index in [1.807, 2.05) is 58.0 Å². The van der Waals surface area contributed by atoms with Crippen LogP contribution in [0, 0.1) is 0 Å². The molecule has 150 valence electrons. The largest absolute Gasteiger partial charge is 0.444 e. The normalized spacial score (nSPS) is 15.6. The van der Waals surface area contributed by atoms with Crippen LogP contribution in [0.3, 0.4) is 0 Å². The van der Waals surface area contributed by atoms with Gasteiger partial charge in [-0.2, -0.15) is 0 Å². The van der Waals surface area contributed by atoms with Gasteiger partial charge in [-0.15, -0.1) is 0 Å². The monoisotopic (exact) mass is 384 g/mol. The summed E-state index contributed by atoms with van der Waals surface area (Å²) in [5.74, 6) is 0.589. The van der Waals surface area contributed by atoms with E-state index < -0.39 is 11.7 Å². The van der Waals surface area contributed by atoms with E-state index in [-0.39, 0.29) is 11.6 Å². The van der Waals surface area contributed by atoms with Crippen LogP contribution >= 0.6 is 0 Å². The smallest absolute Gasteiger partial charge is 0.407 e. The van der Waals surface area contributed by atoms with Crippen molar-refractivity contribution in [1.82, 2.24) is 20.2 Å². The van der Waals surface area contributed by atoms with E-state index in [0.717, 1.165) is 23.4 Å². The third-order valence-electron chi connectivity index (χ3n) is 4.49. The molecule has 0 radical (unpaired) electrons. The Balaban J connectivity index is 1.67. The summed E-state index contributed by atoms with van der Waals surface area (Å²) >= 11 is 0. The molecule has 0 spiro atoms. The number of rotatable bonds is 4. The third kappa shape index (κ3) is 5.19. The van der Waals surface area contributed by atoms with Crippen molar-refractivity contribution in [3.8, 4) is 11.4 Å². The molecule has 1 amide bonds. The van der Waals surface area contributed by atoms with E-state index in [9.17, 15) is 9.59 Å². The van der Waals surface area contributed by atoms with Crippen LogP contribution in [-0.2, 0) is 17.7 Å². The molecule has 2 aromatic rings. The van der Waals surface area contributed by atoms with Gasteiger partial charge in [0.2, 0.25) is 0 Å². The molecule has 0 saturated heterocycles. The van der Waals surface area contributed by atoms with E-state index in [1.165, 1.54) is 0 Å². The molecule has 1 unspecified atom stereocenters. The van der Waals surface area contributed by atoms with Crippen molar-refractivity contribution in [2.24, 2.45) is 0 Å². The summed E-state index contributed by atoms with van der Waals surface area (Å²) in [6, 6.07) is 9.56. The number of aromatic amines is 1. The summed E-state index contributed by atoms with van der Waals surface area (Å²) in [5, 5.41) is 2.87. The second-order valence-electron chi connectivity index (χ2n) is 8.24. The predicted octanol–water partition coefficient (Wildman–Crippen LogP) is 2.71. The van der Waals surface area contributed by atoms with Gasteiger partial charge in [0.1, 0.15) is 11.4 Å². The van der Waals surface area contributed by atoms with Gasteiger partial charge in [-0.3, -0.25) is 9.69 Å². The summed E-state index contributed by atoms with van der Waals surface area (Å²) < 4.78 is 5.31. The Bertz CT molecular complexity index is 887. The number of ether oxygens (including phenoxy) is 1. The molecule has 1 aromatic carbocycles. The van der Waals surface area contributed by atoms with Gasteiger partial charge in [0.15, 0.2) is 0 Å². The Morgan fingerprint density at radius 3 is 2.71 bits per heavy atom. The number of fused-ring (bicyclic) bond motifs is 1. The van der Waals surface area contributed by atoms with Gasteiger partial charge in [-0.05, 0) is 34.1 Å². The molecule has 28 heavy (non-hydrogen) atoms. The number of nitrogens with one attached hydrogen (secondary N) is 2. The van der Waals surface area contributed by atoms with Crippen molar-refractivity contribution in [1.29, 1.82) is 0 Å². The van der Waals surface area contributed by atoms with Crippen LogP contribution < -0.4 is 10.9 Å². The fourth-order valence-electron chi connectivity index (χ4n) is 3.32. The highest BCUT2D eigenvalue weighted by Gasteiger charge is 2.24. The van der Waals surface area contributed by atoms with E-state index in [2.05, 4.69) is 15.2 Å². The van der Waals surface area contributed by atoms with Gasteiger partial charge in [-0.25, -0.2) is 9.78 Å². The molecule has 2 N–H and O–H groups in total. The van der Waals surface area contributed by atoms with Crippen LogP contribution in [0.15, 0.2) is 35.1 Å². The Morgan fingerprint density at radius 2 is 2.04 bits per heavy atom. The molecule has 7 heteroatoms. The molecule has 1 aliphatic rings. The second kappa shape index (κ2) is 8.14. The first kappa shape index (κ1) is 20.1. The number of hydrogen-bond donors (Lipinski definition) is 2. The van der Waals surface area contributed by atoms with Crippen molar-refractivity contribution in [3.05, 3.63) is 51.9 Å². The van der Waals surface area contributed by atoms with Crippen LogP contribution in [0.4, 0.5) is 4.79 Å². The van der Waals surface area contributed by atoms with Crippen LogP contribution in [0.25, 0.3) is 11.4 Å². The molecule has 2 heterocycles. The molecule has 1 atom stereocenters. The van der Waals surface area contributed by atoms with E-state index in [1.54, 1.807) is 0 Å². The minimum Gasteiger partial charge on any atom is -0.444 e. The van der Waals surface area contributed by atoms with E-state index in [0.29, 0.717) is 25.3 Å². The summed E-state index contributed by atoms with van der Waals surface area (Å²) in [4.78, 5) is 34.2. The Kier molecular flexibility index (Phi) is 5.84. The highest BCUT2D eigenvalue weighted by atomic mass is 16.6. The minimum absolute atomic E-state index is 0.0663. The molecular weight excluding hydrogens is 356 g/mol. The Hall–Kier alpha value is -2.67. The second-order valence-corrected chi connectivity index (χ2v) is 8.24. The molecule has 1 aliphatic heterocycles. The summed E-state index contributed by atoms with van der Waals surface area (Å²) in [5.41, 5.74) is 1.86. The topological polar surface area (TPSA) is 87.3 Å². The zero-order chi connectivity index (χ0) is 20.3. The molecule has 0 bridgehead atoms. The summed E-state index contributed by atoms with van der Waals surface area (Å²) in [6.07, 6.45) is 0.227. The number of carbonyl (C=O) groups excluding carboxylic acids is 1. The standard InChI is InChI=1S/C21H28N4O3/c1-14(22-20(27)28-21(2,3)4)12-25-11-10-16-17(13-25)23-18(24-19(16)26)15-8-6-5-7-9-15/h5-9,14H,10-13H2,1-4H3,(H,22,27)(H,23,24,26). The van der Waals surface area contributed by atoms with Gasteiger partial charge in [0, 0.05) is 36.8 Å². The predicted molar refractivity (Wildman–Crippen MR) is 108 cm³/mol. The van der Waals surface area contributed by atoms with E-state index >= 15 is 0 Å². The maximum Gasteiger partial charge on any atom is 0.407 e.